The highest BCUT2D eigenvalue weighted by atomic mass is 19.3. The van der Waals surface area contributed by atoms with Crippen LogP contribution in [0.1, 0.15) is 57.9 Å². The van der Waals surface area contributed by atoms with E-state index in [0.29, 0.717) is 17.3 Å². The lowest BCUT2D eigenvalue weighted by atomic mass is 9.78. The monoisotopic (exact) mass is 296 g/mol. The lowest BCUT2D eigenvalue weighted by Crippen LogP contribution is -2.28. The van der Waals surface area contributed by atoms with Gasteiger partial charge in [-0.15, -0.1) is 0 Å². The number of anilines is 2. The van der Waals surface area contributed by atoms with Gasteiger partial charge in [-0.25, -0.2) is 8.78 Å². The summed E-state index contributed by atoms with van der Waals surface area (Å²) in [5.41, 5.74) is 6.79. The van der Waals surface area contributed by atoms with Crippen LogP contribution in [0.25, 0.3) is 0 Å². The lowest BCUT2D eigenvalue weighted by molar-refractivity contribution is 0.152. The molecule has 1 saturated carbocycles. The zero-order chi connectivity index (χ0) is 15.5. The smallest absolute Gasteiger partial charge is 0.265 e. The number of nitrogens with two attached hydrogens (primary N) is 1. The van der Waals surface area contributed by atoms with Crippen LogP contribution in [0.5, 0.6) is 0 Å². The van der Waals surface area contributed by atoms with Gasteiger partial charge in [0.15, 0.2) is 0 Å². The van der Waals surface area contributed by atoms with Crippen molar-refractivity contribution < 1.29 is 8.78 Å². The van der Waals surface area contributed by atoms with E-state index in [4.69, 9.17) is 5.73 Å². The van der Waals surface area contributed by atoms with Gasteiger partial charge in [0.2, 0.25) is 0 Å². The zero-order valence-corrected chi connectivity index (χ0v) is 13.0. The third kappa shape index (κ3) is 4.08. The third-order valence-corrected chi connectivity index (χ3v) is 4.47. The predicted octanol–water partition coefficient (Wildman–Crippen LogP) is 5.22. The van der Waals surface area contributed by atoms with E-state index in [1.807, 2.05) is 0 Å². The minimum atomic E-state index is -2.50. The largest absolute Gasteiger partial charge is 0.399 e. The molecule has 0 amide bonds. The van der Waals surface area contributed by atoms with Crippen molar-refractivity contribution in [1.82, 2.24) is 0 Å². The SMILES string of the molecule is CC(C)CC1(CNc2ccc(N)cc2C(F)F)CCCC1. The van der Waals surface area contributed by atoms with E-state index >= 15 is 0 Å². The van der Waals surface area contributed by atoms with Crippen LogP contribution in [0.15, 0.2) is 18.2 Å². The molecule has 0 spiro atoms. The fourth-order valence-electron chi connectivity index (χ4n) is 3.65. The van der Waals surface area contributed by atoms with Crippen molar-refractivity contribution in [2.75, 3.05) is 17.6 Å². The third-order valence-electron chi connectivity index (χ3n) is 4.47. The van der Waals surface area contributed by atoms with Crippen molar-refractivity contribution in [3.05, 3.63) is 23.8 Å². The first-order chi connectivity index (χ1) is 9.92. The van der Waals surface area contributed by atoms with Gasteiger partial charge in [-0.05, 0) is 48.8 Å². The van der Waals surface area contributed by atoms with E-state index in [0.717, 1.165) is 13.0 Å². The average molecular weight is 296 g/mol. The van der Waals surface area contributed by atoms with Gasteiger partial charge in [-0.1, -0.05) is 26.7 Å². The normalized spacial score (nSPS) is 17.6. The van der Waals surface area contributed by atoms with Crippen molar-refractivity contribution in [2.45, 2.75) is 52.4 Å². The molecule has 0 radical (unpaired) electrons. The van der Waals surface area contributed by atoms with E-state index in [2.05, 4.69) is 19.2 Å². The summed E-state index contributed by atoms with van der Waals surface area (Å²) in [6.07, 6.45) is 3.53. The molecule has 0 aromatic heterocycles. The molecule has 0 aliphatic heterocycles. The second-order valence-corrected chi connectivity index (χ2v) is 6.81. The van der Waals surface area contributed by atoms with Crippen molar-refractivity contribution in [2.24, 2.45) is 11.3 Å². The standard InChI is InChI=1S/C17H26F2N2/c1-12(2)10-17(7-3-4-8-17)11-21-15-6-5-13(20)9-14(15)16(18)19/h5-6,9,12,16,21H,3-4,7-8,10-11,20H2,1-2H3. The second kappa shape index (κ2) is 6.63. The fourth-order valence-corrected chi connectivity index (χ4v) is 3.65. The number of hydrogen-bond acceptors (Lipinski definition) is 2. The Kier molecular flexibility index (Phi) is 5.07. The number of rotatable bonds is 6. The van der Waals surface area contributed by atoms with Crippen LogP contribution < -0.4 is 11.1 Å². The molecule has 2 nitrogen and oxygen atoms in total. The molecule has 0 atom stereocenters. The Morgan fingerprint density at radius 2 is 1.90 bits per heavy atom. The molecule has 0 heterocycles. The molecular formula is C17H26F2N2. The number of benzene rings is 1. The first kappa shape index (κ1) is 16.1. The van der Waals surface area contributed by atoms with Crippen LogP contribution in [0.2, 0.25) is 0 Å². The maximum Gasteiger partial charge on any atom is 0.265 e. The minimum absolute atomic E-state index is 0.00712. The summed E-state index contributed by atoms with van der Waals surface area (Å²) in [4.78, 5) is 0. The Labute approximate surface area is 126 Å². The van der Waals surface area contributed by atoms with Crippen LogP contribution in [0.4, 0.5) is 20.2 Å². The number of hydrogen-bond donors (Lipinski definition) is 2. The number of nitrogens with one attached hydrogen (secondary N) is 1. The van der Waals surface area contributed by atoms with Gasteiger partial charge in [-0.3, -0.25) is 0 Å². The summed E-state index contributed by atoms with van der Waals surface area (Å²) in [7, 11) is 0. The molecule has 118 valence electrons. The molecule has 3 N–H and O–H groups in total. The van der Waals surface area contributed by atoms with Gasteiger partial charge in [0, 0.05) is 23.5 Å². The van der Waals surface area contributed by atoms with Crippen molar-refractivity contribution in [1.29, 1.82) is 0 Å². The number of nitrogen functional groups attached to an aromatic ring is 1. The van der Waals surface area contributed by atoms with E-state index in [-0.39, 0.29) is 11.0 Å². The quantitative estimate of drug-likeness (QED) is 0.706. The molecule has 2 rings (SSSR count). The van der Waals surface area contributed by atoms with Gasteiger partial charge >= 0.3 is 0 Å². The molecule has 1 fully saturated rings. The average Bonchev–Trinajstić information content (AvgIpc) is 2.85. The predicted molar refractivity (Wildman–Crippen MR) is 84.7 cm³/mol. The van der Waals surface area contributed by atoms with Gasteiger partial charge in [0.1, 0.15) is 0 Å². The number of alkyl halides is 2. The van der Waals surface area contributed by atoms with Crippen LogP contribution in [-0.4, -0.2) is 6.54 Å². The minimum Gasteiger partial charge on any atom is -0.399 e. The second-order valence-electron chi connectivity index (χ2n) is 6.81. The summed E-state index contributed by atoms with van der Waals surface area (Å²) < 4.78 is 26.2. The molecule has 0 unspecified atom stereocenters. The van der Waals surface area contributed by atoms with Gasteiger partial charge < -0.3 is 11.1 Å². The maximum absolute atomic E-state index is 13.1. The van der Waals surface area contributed by atoms with E-state index < -0.39 is 6.43 Å². The molecule has 1 aromatic rings. The molecule has 1 aliphatic rings. The lowest BCUT2D eigenvalue weighted by Gasteiger charge is -2.32. The molecule has 0 saturated heterocycles. The summed E-state index contributed by atoms with van der Waals surface area (Å²) in [6.45, 7) is 5.23. The Morgan fingerprint density at radius 3 is 2.48 bits per heavy atom. The summed E-state index contributed by atoms with van der Waals surface area (Å²) in [6, 6.07) is 4.73. The van der Waals surface area contributed by atoms with Gasteiger partial charge in [0.25, 0.3) is 6.43 Å². The molecule has 21 heavy (non-hydrogen) atoms. The first-order valence-corrected chi connectivity index (χ1v) is 7.83. The molecular weight excluding hydrogens is 270 g/mol. The van der Waals surface area contributed by atoms with E-state index in [1.165, 1.54) is 31.7 Å². The van der Waals surface area contributed by atoms with Crippen LogP contribution in [0, 0.1) is 11.3 Å². The highest BCUT2D eigenvalue weighted by Crippen LogP contribution is 2.43. The van der Waals surface area contributed by atoms with Crippen LogP contribution in [0.3, 0.4) is 0 Å². The topological polar surface area (TPSA) is 38.0 Å². The van der Waals surface area contributed by atoms with Crippen molar-refractivity contribution in [3.8, 4) is 0 Å². The summed E-state index contributed by atoms with van der Waals surface area (Å²) in [5.74, 6) is 0.630. The first-order valence-electron chi connectivity index (χ1n) is 7.83. The van der Waals surface area contributed by atoms with E-state index in [1.54, 1.807) is 12.1 Å². The highest BCUT2D eigenvalue weighted by Gasteiger charge is 2.34. The Hall–Kier alpha value is -1.32. The van der Waals surface area contributed by atoms with Crippen molar-refractivity contribution >= 4 is 11.4 Å². The van der Waals surface area contributed by atoms with Crippen molar-refractivity contribution in [3.63, 3.8) is 0 Å². The Morgan fingerprint density at radius 1 is 1.24 bits per heavy atom. The molecule has 1 aromatic carbocycles. The van der Waals surface area contributed by atoms with Crippen LogP contribution in [-0.2, 0) is 0 Å². The molecule has 4 heteroatoms. The Bertz CT molecular complexity index is 466. The van der Waals surface area contributed by atoms with Crippen LogP contribution >= 0.6 is 0 Å². The molecule has 1 aliphatic carbocycles. The van der Waals surface area contributed by atoms with E-state index in [9.17, 15) is 8.78 Å². The summed E-state index contributed by atoms with van der Waals surface area (Å²) >= 11 is 0. The number of halogens is 2. The fraction of sp³-hybridized carbons (Fsp3) is 0.647. The van der Waals surface area contributed by atoms with Gasteiger partial charge in [-0.2, -0.15) is 0 Å². The van der Waals surface area contributed by atoms with Gasteiger partial charge in [0.05, 0.1) is 0 Å². The summed E-state index contributed by atoms with van der Waals surface area (Å²) in [5, 5.41) is 3.27. The molecule has 0 bridgehead atoms. The highest BCUT2D eigenvalue weighted by molar-refractivity contribution is 5.58. The Balaban J connectivity index is 2.11. The zero-order valence-electron chi connectivity index (χ0n) is 13.0. The maximum atomic E-state index is 13.1.